The van der Waals surface area contributed by atoms with Crippen LogP contribution < -0.4 is 11.1 Å². The fraction of sp³-hybridized carbons (Fsp3) is 1.00. The SMILES string of the molecule is N[C@@H]1CCCC[C@@H]1N[C@H]1CCCC[C@H]1OC1CCCC1. The van der Waals surface area contributed by atoms with Gasteiger partial charge in [-0.2, -0.15) is 0 Å². The van der Waals surface area contributed by atoms with Gasteiger partial charge in [0.25, 0.3) is 0 Å². The first-order chi connectivity index (χ1) is 9.83. The summed E-state index contributed by atoms with van der Waals surface area (Å²) in [6, 6.07) is 1.44. The van der Waals surface area contributed by atoms with E-state index in [0.717, 1.165) is 0 Å². The lowest BCUT2D eigenvalue weighted by molar-refractivity contribution is -0.0465. The van der Waals surface area contributed by atoms with Crippen LogP contribution in [0.1, 0.15) is 77.0 Å². The van der Waals surface area contributed by atoms with E-state index in [1.807, 2.05) is 0 Å². The Balaban J connectivity index is 1.53. The lowest BCUT2D eigenvalue weighted by Crippen LogP contribution is -2.55. The molecule has 0 aromatic rings. The summed E-state index contributed by atoms with van der Waals surface area (Å²) in [7, 11) is 0. The van der Waals surface area contributed by atoms with E-state index in [1.54, 1.807) is 0 Å². The van der Waals surface area contributed by atoms with Gasteiger partial charge in [0, 0.05) is 18.1 Å². The molecule has 0 bridgehead atoms. The third-order valence-electron chi connectivity index (χ3n) is 5.62. The molecule has 116 valence electrons. The van der Waals surface area contributed by atoms with Crippen molar-refractivity contribution < 1.29 is 4.74 Å². The molecule has 0 radical (unpaired) electrons. The van der Waals surface area contributed by atoms with Gasteiger partial charge in [-0.1, -0.05) is 38.5 Å². The molecule has 3 aliphatic rings. The lowest BCUT2D eigenvalue weighted by atomic mass is 9.87. The van der Waals surface area contributed by atoms with Gasteiger partial charge in [0.05, 0.1) is 12.2 Å². The van der Waals surface area contributed by atoms with Crippen LogP contribution in [0.4, 0.5) is 0 Å². The van der Waals surface area contributed by atoms with Gasteiger partial charge in [-0.25, -0.2) is 0 Å². The van der Waals surface area contributed by atoms with Crippen LogP contribution in [-0.4, -0.2) is 30.3 Å². The molecular weight excluding hydrogens is 248 g/mol. The molecule has 0 aromatic carbocycles. The molecule has 0 spiro atoms. The van der Waals surface area contributed by atoms with Crippen LogP contribution in [0.3, 0.4) is 0 Å². The van der Waals surface area contributed by atoms with Gasteiger partial charge in [-0.3, -0.25) is 0 Å². The molecule has 3 fully saturated rings. The Hall–Kier alpha value is -0.120. The van der Waals surface area contributed by atoms with Gasteiger partial charge < -0.3 is 15.8 Å². The van der Waals surface area contributed by atoms with Crippen molar-refractivity contribution in [3.05, 3.63) is 0 Å². The summed E-state index contributed by atoms with van der Waals surface area (Å²) < 4.78 is 6.44. The Labute approximate surface area is 124 Å². The summed E-state index contributed by atoms with van der Waals surface area (Å²) in [6.45, 7) is 0. The van der Waals surface area contributed by atoms with Crippen LogP contribution in [0.5, 0.6) is 0 Å². The molecule has 3 N–H and O–H groups in total. The van der Waals surface area contributed by atoms with Gasteiger partial charge in [0.2, 0.25) is 0 Å². The molecule has 3 nitrogen and oxygen atoms in total. The highest BCUT2D eigenvalue weighted by molar-refractivity contribution is 4.91. The Morgan fingerprint density at radius 2 is 1.30 bits per heavy atom. The molecule has 0 saturated heterocycles. The van der Waals surface area contributed by atoms with Crippen LogP contribution in [0.25, 0.3) is 0 Å². The number of rotatable bonds is 4. The van der Waals surface area contributed by atoms with Crippen molar-refractivity contribution in [3.8, 4) is 0 Å². The molecule has 3 aliphatic carbocycles. The third kappa shape index (κ3) is 3.75. The van der Waals surface area contributed by atoms with Gasteiger partial charge in [0.1, 0.15) is 0 Å². The first-order valence-electron chi connectivity index (χ1n) is 9.00. The van der Waals surface area contributed by atoms with E-state index in [4.69, 9.17) is 10.5 Å². The zero-order chi connectivity index (χ0) is 13.8. The highest BCUT2D eigenvalue weighted by Gasteiger charge is 2.32. The van der Waals surface area contributed by atoms with Crippen molar-refractivity contribution in [2.24, 2.45) is 5.73 Å². The zero-order valence-corrected chi connectivity index (χ0v) is 12.9. The predicted molar refractivity (Wildman–Crippen MR) is 82.8 cm³/mol. The minimum atomic E-state index is 0.359. The first kappa shape index (κ1) is 14.8. The van der Waals surface area contributed by atoms with Gasteiger partial charge >= 0.3 is 0 Å². The average molecular weight is 280 g/mol. The van der Waals surface area contributed by atoms with Gasteiger partial charge in [-0.15, -0.1) is 0 Å². The lowest BCUT2D eigenvalue weighted by Gasteiger charge is -2.39. The largest absolute Gasteiger partial charge is 0.373 e. The molecule has 3 rings (SSSR count). The van der Waals surface area contributed by atoms with Crippen LogP contribution in [0.2, 0.25) is 0 Å². The third-order valence-corrected chi connectivity index (χ3v) is 5.62. The fourth-order valence-electron chi connectivity index (χ4n) is 4.36. The minimum absolute atomic E-state index is 0.359. The van der Waals surface area contributed by atoms with Gasteiger partial charge in [0.15, 0.2) is 0 Å². The summed E-state index contributed by atoms with van der Waals surface area (Å²) in [6.07, 6.45) is 16.6. The van der Waals surface area contributed by atoms with E-state index in [0.29, 0.717) is 30.3 Å². The Morgan fingerprint density at radius 1 is 0.700 bits per heavy atom. The van der Waals surface area contributed by atoms with Crippen molar-refractivity contribution in [1.82, 2.24) is 5.32 Å². The summed E-state index contributed by atoms with van der Waals surface area (Å²) in [5, 5.41) is 3.88. The van der Waals surface area contributed by atoms with E-state index < -0.39 is 0 Å². The van der Waals surface area contributed by atoms with E-state index in [1.165, 1.54) is 77.0 Å². The number of nitrogens with one attached hydrogen (secondary N) is 1. The van der Waals surface area contributed by atoms with E-state index >= 15 is 0 Å². The first-order valence-corrected chi connectivity index (χ1v) is 9.00. The Bertz CT molecular complexity index is 291. The molecule has 0 amide bonds. The highest BCUT2D eigenvalue weighted by atomic mass is 16.5. The van der Waals surface area contributed by atoms with Crippen LogP contribution in [0.15, 0.2) is 0 Å². The highest BCUT2D eigenvalue weighted by Crippen LogP contribution is 2.29. The number of ether oxygens (including phenoxy) is 1. The molecule has 0 aliphatic heterocycles. The smallest absolute Gasteiger partial charge is 0.0731 e. The molecule has 4 atom stereocenters. The molecule has 3 saturated carbocycles. The van der Waals surface area contributed by atoms with Crippen LogP contribution in [0, 0.1) is 0 Å². The topological polar surface area (TPSA) is 47.3 Å². The molecular formula is C17H32N2O. The summed E-state index contributed by atoms with van der Waals surface area (Å²) >= 11 is 0. The van der Waals surface area contributed by atoms with Crippen molar-refractivity contribution >= 4 is 0 Å². The van der Waals surface area contributed by atoms with Crippen LogP contribution in [-0.2, 0) is 4.74 Å². The molecule has 20 heavy (non-hydrogen) atoms. The van der Waals surface area contributed by atoms with Crippen LogP contribution >= 0.6 is 0 Å². The van der Waals surface area contributed by atoms with Crippen molar-refractivity contribution in [2.45, 2.75) is 107 Å². The monoisotopic (exact) mass is 280 g/mol. The number of hydrogen-bond donors (Lipinski definition) is 2. The summed E-state index contributed by atoms with van der Waals surface area (Å²) in [4.78, 5) is 0. The Kier molecular flexibility index (Phi) is 5.36. The number of hydrogen-bond acceptors (Lipinski definition) is 3. The number of nitrogens with two attached hydrogens (primary N) is 1. The quantitative estimate of drug-likeness (QED) is 0.832. The van der Waals surface area contributed by atoms with Crippen molar-refractivity contribution in [2.75, 3.05) is 0 Å². The van der Waals surface area contributed by atoms with Gasteiger partial charge in [-0.05, 0) is 38.5 Å². The average Bonchev–Trinajstić information content (AvgIpc) is 2.96. The standard InChI is InChI=1S/C17H32N2O/c18-14-9-3-4-10-15(14)19-16-11-5-6-12-17(16)20-13-7-1-2-8-13/h13-17,19H,1-12,18H2/t14-,15+,16+,17-/m1/s1. The maximum absolute atomic E-state index is 6.44. The van der Waals surface area contributed by atoms with Crippen molar-refractivity contribution in [3.63, 3.8) is 0 Å². The molecule has 0 unspecified atom stereocenters. The minimum Gasteiger partial charge on any atom is -0.373 e. The summed E-state index contributed by atoms with van der Waals surface area (Å²) in [5.41, 5.74) is 6.30. The maximum Gasteiger partial charge on any atom is 0.0731 e. The van der Waals surface area contributed by atoms with Crippen molar-refractivity contribution in [1.29, 1.82) is 0 Å². The summed E-state index contributed by atoms with van der Waals surface area (Å²) in [5.74, 6) is 0. The normalized spacial score (nSPS) is 40.0. The maximum atomic E-state index is 6.44. The van der Waals surface area contributed by atoms with E-state index in [9.17, 15) is 0 Å². The van der Waals surface area contributed by atoms with E-state index in [-0.39, 0.29) is 0 Å². The fourth-order valence-corrected chi connectivity index (χ4v) is 4.36. The second kappa shape index (κ2) is 7.24. The second-order valence-electron chi connectivity index (χ2n) is 7.19. The molecule has 0 heterocycles. The Morgan fingerprint density at radius 3 is 2.05 bits per heavy atom. The zero-order valence-electron chi connectivity index (χ0n) is 12.9. The second-order valence-corrected chi connectivity index (χ2v) is 7.19. The molecule has 0 aromatic heterocycles. The van der Waals surface area contributed by atoms with E-state index in [2.05, 4.69) is 5.32 Å². The molecule has 3 heteroatoms. The predicted octanol–water partition coefficient (Wildman–Crippen LogP) is 3.12.